The molecule has 1 aliphatic rings. The van der Waals surface area contributed by atoms with Crippen LogP contribution in [-0.2, 0) is 0 Å². The van der Waals surface area contributed by atoms with Gasteiger partial charge in [0.1, 0.15) is 5.82 Å². The van der Waals surface area contributed by atoms with E-state index < -0.39 is 0 Å². The Bertz CT molecular complexity index is 289. The second-order valence-corrected chi connectivity index (χ2v) is 4.76. The molecule has 1 aromatic rings. The van der Waals surface area contributed by atoms with Crippen LogP contribution in [0.4, 0.5) is 5.13 Å². The van der Waals surface area contributed by atoms with Gasteiger partial charge in [-0.05, 0) is 18.8 Å². The van der Waals surface area contributed by atoms with E-state index in [1.54, 1.807) is 0 Å². The number of hydrogen-bond acceptors (Lipinski definition) is 4. The van der Waals surface area contributed by atoms with Crippen LogP contribution < -0.4 is 4.90 Å². The lowest BCUT2D eigenvalue weighted by molar-refractivity contribution is 0.309. The molecule has 3 nitrogen and oxygen atoms in total. The fourth-order valence-corrected chi connectivity index (χ4v) is 2.20. The van der Waals surface area contributed by atoms with E-state index in [0.717, 1.165) is 35.9 Å². The SMILES string of the molecule is Cc1nsc(N2CC(C(C)C)C2)n1. The quantitative estimate of drug-likeness (QED) is 0.725. The number of rotatable bonds is 2. The molecule has 0 N–H and O–H groups in total. The minimum atomic E-state index is 0.797. The minimum Gasteiger partial charge on any atom is -0.346 e. The predicted octanol–water partition coefficient (Wildman–Crippen LogP) is 1.94. The van der Waals surface area contributed by atoms with Gasteiger partial charge in [0.2, 0.25) is 5.13 Å². The van der Waals surface area contributed by atoms with Crippen molar-refractivity contribution in [1.29, 1.82) is 0 Å². The molecule has 13 heavy (non-hydrogen) atoms. The summed E-state index contributed by atoms with van der Waals surface area (Å²) < 4.78 is 4.18. The molecular weight excluding hydrogens is 182 g/mol. The van der Waals surface area contributed by atoms with Crippen molar-refractivity contribution in [3.63, 3.8) is 0 Å². The molecule has 0 aliphatic carbocycles. The molecule has 2 heterocycles. The summed E-state index contributed by atoms with van der Waals surface area (Å²) >= 11 is 1.51. The lowest BCUT2D eigenvalue weighted by atomic mass is 9.89. The molecule has 0 bridgehead atoms. The predicted molar refractivity (Wildman–Crippen MR) is 55.2 cm³/mol. The molecule has 1 saturated heterocycles. The first kappa shape index (κ1) is 8.94. The third-order valence-electron chi connectivity index (χ3n) is 2.64. The van der Waals surface area contributed by atoms with E-state index in [2.05, 4.69) is 28.1 Å². The highest BCUT2D eigenvalue weighted by Crippen LogP contribution is 2.29. The van der Waals surface area contributed by atoms with Gasteiger partial charge in [0.25, 0.3) is 0 Å². The van der Waals surface area contributed by atoms with Crippen molar-refractivity contribution in [3.05, 3.63) is 5.82 Å². The van der Waals surface area contributed by atoms with Crippen LogP contribution in [0, 0.1) is 18.8 Å². The van der Waals surface area contributed by atoms with Gasteiger partial charge in [0.15, 0.2) is 0 Å². The number of aromatic nitrogens is 2. The third kappa shape index (κ3) is 1.68. The van der Waals surface area contributed by atoms with Crippen LogP contribution in [-0.4, -0.2) is 22.4 Å². The van der Waals surface area contributed by atoms with E-state index >= 15 is 0 Å². The normalized spacial score (nSPS) is 18.0. The van der Waals surface area contributed by atoms with E-state index in [9.17, 15) is 0 Å². The molecular formula is C9H15N3S. The van der Waals surface area contributed by atoms with Crippen molar-refractivity contribution in [2.75, 3.05) is 18.0 Å². The lowest BCUT2D eigenvalue weighted by Gasteiger charge is -2.41. The fourth-order valence-electron chi connectivity index (χ4n) is 1.51. The Labute approximate surface area is 83.0 Å². The summed E-state index contributed by atoms with van der Waals surface area (Å²) in [6, 6.07) is 0. The minimum absolute atomic E-state index is 0.797. The van der Waals surface area contributed by atoms with Crippen molar-refractivity contribution in [1.82, 2.24) is 9.36 Å². The third-order valence-corrected chi connectivity index (χ3v) is 3.51. The second kappa shape index (κ2) is 3.25. The monoisotopic (exact) mass is 197 g/mol. The first-order valence-corrected chi connectivity index (χ1v) is 5.49. The Balaban J connectivity index is 1.93. The van der Waals surface area contributed by atoms with E-state index in [0.29, 0.717) is 0 Å². The summed E-state index contributed by atoms with van der Waals surface area (Å²) in [5.74, 6) is 2.54. The number of hydrogen-bond donors (Lipinski definition) is 0. The summed E-state index contributed by atoms with van der Waals surface area (Å²) in [5, 5.41) is 1.09. The van der Waals surface area contributed by atoms with Crippen molar-refractivity contribution in [2.45, 2.75) is 20.8 Å². The summed E-state index contributed by atoms with van der Waals surface area (Å²) in [6.45, 7) is 8.83. The molecule has 0 amide bonds. The number of anilines is 1. The first-order chi connectivity index (χ1) is 6.16. The Morgan fingerprint density at radius 1 is 1.46 bits per heavy atom. The molecule has 0 unspecified atom stereocenters. The molecule has 0 atom stereocenters. The fraction of sp³-hybridized carbons (Fsp3) is 0.778. The number of nitrogens with zero attached hydrogens (tertiary/aromatic N) is 3. The molecule has 1 aliphatic heterocycles. The Hall–Kier alpha value is -0.640. The van der Waals surface area contributed by atoms with Crippen LogP contribution in [0.2, 0.25) is 0 Å². The molecule has 0 aromatic carbocycles. The zero-order valence-electron chi connectivity index (χ0n) is 8.32. The molecule has 0 spiro atoms. The lowest BCUT2D eigenvalue weighted by Crippen LogP contribution is -2.49. The van der Waals surface area contributed by atoms with E-state index in [1.807, 2.05) is 6.92 Å². The maximum absolute atomic E-state index is 4.36. The van der Waals surface area contributed by atoms with Crippen molar-refractivity contribution in [3.8, 4) is 0 Å². The molecule has 4 heteroatoms. The zero-order chi connectivity index (χ0) is 9.42. The Morgan fingerprint density at radius 2 is 2.15 bits per heavy atom. The van der Waals surface area contributed by atoms with Crippen LogP contribution in [0.3, 0.4) is 0 Å². The maximum atomic E-state index is 4.36. The van der Waals surface area contributed by atoms with E-state index in [-0.39, 0.29) is 0 Å². The van der Waals surface area contributed by atoms with Crippen LogP contribution in [0.1, 0.15) is 19.7 Å². The zero-order valence-corrected chi connectivity index (χ0v) is 9.14. The van der Waals surface area contributed by atoms with E-state index in [4.69, 9.17) is 0 Å². The van der Waals surface area contributed by atoms with Gasteiger partial charge in [-0.1, -0.05) is 13.8 Å². The number of aryl methyl sites for hydroxylation is 1. The van der Waals surface area contributed by atoms with Crippen molar-refractivity contribution >= 4 is 16.7 Å². The molecule has 0 radical (unpaired) electrons. The van der Waals surface area contributed by atoms with Gasteiger partial charge in [-0.25, -0.2) is 4.98 Å². The van der Waals surface area contributed by atoms with Crippen LogP contribution in [0.5, 0.6) is 0 Å². The van der Waals surface area contributed by atoms with E-state index in [1.165, 1.54) is 11.5 Å². The summed E-state index contributed by atoms with van der Waals surface area (Å²) in [6.07, 6.45) is 0. The average Bonchev–Trinajstić information content (AvgIpc) is 2.31. The van der Waals surface area contributed by atoms with Gasteiger partial charge in [-0.15, -0.1) is 0 Å². The van der Waals surface area contributed by atoms with Gasteiger partial charge in [0, 0.05) is 24.6 Å². The summed E-state index contributed by atoms with van der Waals surface area (Å²) in [5.41, 5.74) is 0. The van der Waals surface area contributed by atoms with Crippen LogP contribution in [0.25, 0.3) is 0 Å². The molecule has 0 saturated carbocycles. The van der Waals surface area contributed by atoms with Crippen molar-refractivity contribution < 1.29 is 0 Å². The summed E-state index contributed by atoms with van der Waals surface area (Å²) in [4.78, 5) is 6.67. The molecule has 1 aromatic heterocycles. The second-order valence-electron chi connectivity index (χ2n) is 4.03. The topological polar surface area (TPSA) is 29.0 Å². The molecule has 72 valence electrons. The highest BCUT2D eigenvalue weighted by molar-refractivity contribution is 7.09. The average molecular weight is 197 g/mol. The maximum Gasteiger partial charge on any atom is 0.205 e. The standard InChI is InChI=1S/C9H15N3S/c1-6(2)8-4-12(5-8)9-10-7(3)11-13-9/h6,8H,4-5H2,1-3H3. The summed E-state index contributed by atoms with van der Waals surface area (Å²) in [7, 11) is 0. The highest BCUT2D eigenvalue weighted by Gasteiger charge is 2.30. The van der Waals surface area contributed by atoms with Gasteiger partial charge in [0.05, 0.1) is 0 Å². The van der Waals surface area contributed by atoms with Gasteiger partial charge in [-0.3, -0.25) is 0 Å². The Kier molecular flexibility index (Phi) is 2.24. The largest absolute Gasteiger partial charge is 0.346 e. The highest BCUT2D eigenvalue weighted by atomic mass is 32.1. The first-order valence-electron chi connectivity index (χ1n) is 4.72. The van der Waals surface area contributed by atoms with Gasteiger partial charge >= 0.3 is 0 Å². The van der Waals surface area contributed by atoms with Crippen LogP contribution >= 0.6 is 11.5 Å². The smallest absolute Gasteiger partial charge is 0.205 e. The Morgan fingerprint density at radius 3 is 2.62 bits per heavy atom. The molecule has 2 rings (SSSR count). The van der Waals surface area contributed by atoms with Gasteiger partial charge < -0.3 is 4.90 Å². The van der Waals surface area contributed by atoms with Gasteiger partial charge in [-0.2, -0.15) is 4.37 Å². The van der Waals surface area contributed by atoms with Crippen molar-refractivity contribution in [2.24, 2.45) is 11.8 Å². The molecule has 1 fully saturated rings. The van der Waals surface area contributed by atoms with Crippen LogP contribution in [0.15, 0.2) is 0 Å².